The maximum Gasteiger partial charge on any atom is 0.310 e. The van der Waals surface area contributed by atoms with Gasteiger partial charge in [-0.2, -0.15) is 0 Å². The summed E-state index contributed by atoms with van der Waals surface area (Å²) in [5.41, 5.74) is -0.385. The van der Waals surface area contributed by atoms with Gasteiger partial charge in [-0.15, -0.1) is 0 Å². The zero-order chi connectivity index (χ0) is 13.8. The second-order valence-corrected chi connectivity index (χ2v) is 6.71. The summed E-state index contributed by atoms with van der Waals surface area (Å²) in [7, 11) is 0. The zero-order valence-corrected chi connectivity index (χ0v) is 12.6. The molecule has 0 aliphatic heterocycles. The third kappa shape index (κ3) is 5.38. The van der Waals surface area contributed by atoms with E-state index >= 15 is 0 Å². The van der Waals surface area contributed by atoms with E-state index < -0.39 is 0 Å². The molecule has 18 heavy (non-hydrogen) atoms. The van der Waals surface area contributed by atoms with Gasteiger partial charge in [0.1, 0.15) is 5.60 Å². The molecule has 0 bridgehead atoms. The first kappa shape index (κ1) is 15.5. The van der Waals surface area contributed by atoms with Crippen LogP contribution in [0.2, 0.25) is 0 Å². The van der Waals surface area contributed by atoms with E-state index in [4.69, 9.17) is 4.74 Å². The largest absolute Gasteiger partial charge is 0.460 e. The maximum atomic E-state index is 11.9. The van der Waals surface area contributed by atoms with Crippen LogP contribution in [0.15, 0.2) is 0 Å². The van der Waals surface area contributed by atoms with E-state index in [2.05, 4.69) is 12.2 Å². The number of hydrogen-bond donors (Lipinski definition) is 1. The van der Waals surface area contributed by atoms with Gasteiger partial charge in [0.15, 0.2) is 0 Å². The summed E-state index contributed by atoms with van der Waals surface area (Å²) in [5, 5.41) is 3.54. The Kier molecular flexibility index (Phi) is 5.64. The van der Waals surface area contributed by atoms with Gasteiger partial charge in [-0.1, -0.05) is 26.7 Å². The van der Waals surface area contributed by atoms with E-state index in [0.29, 0.717) is 6.04 Å². The summed E-state index contributed by atoms with van der Waals surface area (Å²) in [6.07, 6.45) is 5.20. The molecule has 0 heterocycles. The first-order chi connectivity index (χ1) is 8.29. The molecule has 1 aliphatic carbocycles. The van der Waals surface area contributed by atoms with Crippen molar-refractivity contribution in [3.63, 3.8) is 0 Å². The van der Waals surface area contributed by atoms with Gasteiger partial charge < -0.3 is 10.1 Å². The molecule has 1 aliphatic rings. The Labute approximate surface area is 112 Å². The van der Waals surface area contributed by atoms with Crippen molar-refractivity contribution in [2.45, 2.75) is 71.9 Å². The summed E-state index contributed by atoms with van der Waals surface area (Å²) >= 11 is 0. The summed E-state index contributed by atoms with van der Waals surface area (Å²) < 4.78 is 5.39. The molecular weight excluding hydrogens is 226 g/mol. The van der Waals surface area contributed by atoms with E-state index in [1.54, 1.807) is 0 Å². The average Bonchev–Trinajstić information content (AvgIpc) is 2.25. The molecule has 106 valence electrons. The van der Waals surface area contributed by atoms with Gasteiger partial charge in [0.05, 0.1) is 5.92 Å². The first-order valence-corrected chi connectivity index (χ1v) is 7.26. The Hall–Kier alpha value is -0.570. The highest BCUT2D eigenvalue weighted by atomic mass is 16.6. The number of carbonyl (C=O) groups excluding carboxylic acids is 1. The molecule has 0 aromatic heterocycles. The summed E-state index contributed by atoms with van der Waals surface area (Å²) in [6.45, 7) is 10.7. The second-order valence-electron chi connectivity index (χ2n) is 6.71. The van der Waals surface area contributed by atoms with Crippen LogP contribution < -0.4 is 5.32 Å². The van der Waals surface area contributed by atoms with E-state index in [0.717, 1.165) is 12.5 Å². The van der Waals surface area contributed by atoms with Gasteiger partial charge >= 0.3 is 5.97 Å². The number of esters is 1. The van der Waals surface area contributed by atoms with Crippen molar-refractivity contribution in [1.82, 2.24) is 5.32 Å². The monoisotopic (exact) mass is 255 g/mol. The molecular formula is C15H29NO2. The second kappa shape index (κ2) is 6.55. The van der Waals surface area contributed by atoms with Crippen LogP contribution in [-0.2, 0) is 9.53 Å². The number of nitrogens with one attached hydrogen (secondary N) is 1. The van der Waals surface area contributed by atoms with Gasteiger partial charge in [0, 0.05) is 12.6 Å². The van der Waals surface area contributed by atoms with E-state index in [1.807, 2.05) is 27.7 Å². The lowest BCUT2D eigenvalue weighted by Gasteiger charge is -2.31. The molecule has 1 saturated carbocycles. The van der Waals surface area contributed by atoms with Crippen molar-refractivity contribution in [3.8, 4) is 0 Å². The SMILES string of the molecule is C[C@H](CN[C@H]1CCCC[C@H]1C)C(=O)OC(C)(C)C. The van der Waals surface area contributed by atoms with Crippen molar-refractivity contribution < 1.29 is 9.53 Å². The minimum absolute atomic E-state index is 0.0710. The quantitative estimate of drug-likeness (QED) is 0.784. The Morgan fingerprint density at radius 3 is 2.50 bits per heavy atom. The molecule has 3 heteroatoms. The molecule has 0 amide bonds. The Balaban J connectivity index is 2.31. The Morgan fingerprint density at radius 2 is 1.94 bits per heavy atom. The van der Waals surface area contributed by atoms with Crippen LogP contribution in [0.5, 0.6) is 0 Å². The molecule has 3 nitrogen and oxygen atoms in total. The van der Waals surface area contributed by atoms with Crippen molar-refractivity contribution in [2.24, 2.45) is 11.8 Å². The van der Waals surface area contributed by atoms with Crippen LogP contribution in [0, 0.1) is 11.8 Å². The third-order valence-corrected chi connectivity index (χ3v) is 3.61. The van der Waals surface area contributed by atoms with Gasteiger partial charge in [-0.25, -0.2) is 0 Å². The topological polar surface area (TPSA) is 38.3 Å². The highest BCUT2D eigenvalue weighted by molar-refractivity contribution is 5.72. The molecule has 1 N–H and O–H groups in total. The van der Waals surface area contributed by atoms with Crippen LogP contribution in [0.3, 0.4) is 0 Å². The number of hydrogen-bond acceptors (Lipinski definition) is 3. The predicted octanol–water partition coefficient (Wildman–Crippen LogP) is 3.13. The van der Waals surface area contributed by atoms with Crippen molar-refractivity contribution in [1.29, 1.82) is 0 Å². The fourth-order valence-electron chi connectivity index (χ4n) is 2.43. The van der Waals surface area contributed by atoms with Crippen LogP contribution in [0.4, 0.5) is 0 Å². The first-order valence-electron chi connectivity index (χ1n) is 7.26. The smallest absolute Gasteiger partial charge is 0.310 e. The molecule has 0 radical (unpaired) electrons. The highest BCUT2D eigenvalue weighted by Crippen LogP contribution is 2.23. The number of carbonyl (C=O) groups is 1. The lowest BCUT2D eigenvalue weighted by Crippen LogP contribution is -2.41. The van der Waals surface area contributed by atoms with E-state index in [9.17, 15) is 4.79 Å². The normalized spacial score (nSPS) is 26.7. The minimum Gasteiger partial charge on any atom is -0.460 e. The standard InChI is InChI=1S/C15H29NO2/c1-11-8-6-7-9-13(11)16-10-12(2)14(17)18-15(3,4)5/h11-13,16H,6-10H2,1-5H3/t11-,12-,13+/m1/s1. The number of rotatable bonds is 4. The predicted molar refractivity (Wildman–Crippen MR) is 74.4 cm³/mol. The fourth-order valence-corrected chi connectivity index (χ4v) is 2.43. The van der Waals surface area contributed by atoms with Crippen LogP contribution in [0.1, 0.15) is 60.3 Å². The van der Waals surface area contributed by atoms with Gasteiger partial charge in [-0.05, 0) is 39.5 Å². The van der Waals surface area contributed by atoms with Crippen molar-refractivity contribution in [2.75, 3.05) is 6.54 Å². The third-order valence-electron chi connectivity index (χ3n) is 3.61. The van der Waals surface area contributed by atoms with Gasteiger partial charge in [0.25, 0.3) is 0 Å². The zero-order valence-electron chi connectivity index (χ0n) is 12.6. The maximum absolute atomic E-state index is 11.9. The molecule has 0 saturated heterocycles. The van der Waals surface area contributed by atoms with E-state index in [1.165, 1.54) is 25.7 Å². The molecule has 1 fully saturated rings. The summed E-state index contributed by atoms with van der Waals surface area (Å²) in [5.74, 6) is 0.557. The van der Waals surface area contributed by atoms with Crippen LogP contribution >= 0.6 is 0 Å². The molecule has 0 aromatic carbocycles. The molecule has 0 aromatic rings. The summed E-state index contributed by atoms with van der Waals surface area (Å²) in [6, 6.07) is 0.573. The minimum atomic E-state index is -0.385. The lowest BCUT2D eigenvalue weighted by atomic mass is 9.86. The molecule has 3 atom stereocenters. The molecule has 0 unspecified atom stereocenters. The fraction of sp³-hybridized carbons (Fsp3) is 0.933. The summed E-state index contributed by atoms with van der Waals surface area (Å²) in [4.78, 5) is 11.9. The Bertz CT molecular complexity index is 270. The average molecular weight is 255 g/mol. The van der Waals surface area contributed by atoms with Crippen LogP contribution in [0.25, 0.3) is 0 Å². The lowest BCUT2D eigenvalue weighted by molar-refractivity contribution is -0.159. The Morgan fingerprint density at radius 1 is 1.33 bits per heavy atom. The van der Waals surface area contributed by atoms with Crippen molar-refractivity contribution in [3.05, 3.63) is 0 Å². The molecule has 0 spiro atoms. The highest BCUT2D eigenvalue weighted by Gasteiger charge is 2.25. The van der Waals surface area contributed by atoms with Gasteiger partial charge in [-0.3, -0.25) is 4.79 Å². The van der Waals surface area contributed by atoms with Gasteiger partial charge in [0.2, 0.25) is 0 Å². The van der Waals surface area contributed by atoms with Crippen molar-refractivity contribution >= 4 is 5.97 Å². The number of ether oxygens (including phenoxy) is 1. The van der Waals surface area contributed by atoms with Crippen LogP contribution in [-0.4, -0.2) is 24.2 Å². The van der Waals surface area contributed by atoms with E-state index in [-0.39, 0.29) is 17.5 Å². The molecule has 1 rings (SSSR count).